The molecule has 0 saturated carbocycles. The molecular weight excluding hydrogens is 338 g/mol. The van der Waals surface area contributed by atoms with Crippen LogP contribution >= 0.6 is 0 Å². The molecule has 1 unspecified atom stereocenters. The van der Waals surface area contributed by atoms with Gasteiger partial charge in [0.15, 0.2) is 5.78 Å². The molecule has 0 aliphatic carbocycles. The van der Waals surface area contributed by atoms with Crippen LogP contribution in [0.5, 0.6) is 11.5 Å². The summed E-state index contributed by atoms with van der Waals surface area (Å²) in [4.78, 5) is 23.7. The SMILES string of the molecule is CCOC1Oc2ccccc2C(=O)/C1=C/Nc1ccc(C(=O)O)c(O)c1. The zero-order valence-corrected chi connectivity index (χ0v) is 13.9. The summed E-state index contributed by atoms with van der Waals surface area (Å²) >= 11 is 0. The molecular formula is C19H17NO6. The van der Waals surface area contributed by atoms with Crippen LogP contribution in [0.15, 0.2) is 54.2 Å². The minimum atomic E-state index is -1.23. The van der Waals surface area contributed by atoms with Crippen molar-refractivity contribution in [2.45, 2.75) is 13.2 Å². The van der Waals surface area contributed by atoms with Crippen LogP contribution in [-0.2, 0) is 4.74 Å². The standard InChI is InChI=1S/C19H17NO6/c1-2-25-19-14(17(22)13-5-3-4-6-16(13)26-19)10-20-11-7-8-12(18(23)24)15(21)9-11/h3-10,19-21H,2H2,1H3,(H,23,24)/b14-10-. The Balaban J connectivity index is 1.89. The monoisotopic (exact) mass is 355 g/mol. The van der Waals surface area contributed by atoms with Gasteiger partial charge in [-0.25, -0.2) is 4.79 Å². The molecule has 1 aliphatic heterocycles. The lowest BCUT2D eigenvalue weighted by molar-refractivity contribution is -0.0509. The summed E-state index contributed by atoms with van der Waals surface area (Å²) in [5.74, 6) is -1.38. The number of fused-ring (bicyclic) bond motifs is 1. The number of rotatable bonds is 5. The average molecular weight is 355 g/mol. The van der Waals surface area contributed by atoms with Crippen LogP contribution in [0.4, 0.5) is 5.69 Å². The van der Waals surface area contributed by atoms with Crippen LogP contribution in [0.25, 0.3) is 0 Å². The molecule has 7 nitrogen and oxygen atoms in total. The van der Waals surface area contributed by atoms with E-state index in [9.17, 15) is 14.7 Å². The highest BCUT2D eigenvalue weighted by atomic mass is 16.7. The van der Waals surface area contributed by atoms with E-state index in [1.54, 1.807) is 31.2 Å². The van der Waals surface area contributed by atoms with E-state index in [1.807, 2.05) is 0 Å². The van der Waals surface area contributed by atoms with E-state index in [2.05, 4.69) is 5.32 Å². The molecule has 1 aliphatic rings. The van der Waals surface area contributed by atoms with E-state index >= 15 is 0 Å². The number of para-hydroxylation sites is 1. The molecule has 134 valence electrons. The number of hydrogen-bond donors (Lipinski definition) is 3. The normalized spacial score (nSPS) is 17.5. The Labute approximate surface area is 149 Å². The summed E-state index contributed by atoms with van der Waals surface area (Å²) in [6, 6.07) is 10.9. The number of phenols is 1. The predicted octanol–water partition coefficient (Wildman–Crippen LogP) is 3.02. The molecule has 0 radical (unpaired) electrons. The van der Waals surface area contributed by atoms with Crippen molar-refractivity contribution in [3.8, 4) is 11.5 Å². The van der Waals surface area contributed by atoms with Gasteiger partial charge >= 0.3 is 5.97 Å². The summed E-state index contributed by atoms with van der Waals surface area (Å²) in [6.45, 7) is 2.15. The molecule has 0 fully saturated rings. The fourth-order valence-corrected chi connectivity index (χ4v) is 2.57. The molecule has 1 atom stereocenters. The molecule has 26 heavy (non-hydrogen) atoms. The Morgan fingerprint density at radius 3 is 2.77 bits per heavy atom. The first-order valence-corrected chi connectivity index (χ1v) is 7.96. The molecule has 0 aromatic heterocycles. The highest BCUT2D eigenvalue weighted by Gasteiger charge is 2.32. The third-order valence-electron chi connectivity index (χ3n) is 3.82. The fraction of sp³-hybridized carbons (Fsp3) is 0.158. The number of aromatic hydroxyl groups is 1. The number of nitrogens with one attached hydrogen (secondary N) is 1. The van der Waals surface area contributed by atoms with Crippen molar-refractivity contribution >= 4 is 17.4 Å². The lowest BCUT2D eigenvalue weighted by atomic mass is 10.00. The van der Waals surface area contributed by atoms with E-state index in [4.69, 9.17) is 14.6 Å². The van der Waals surface area contributed by atoms with Gasteiger partial charge < -0.3 is 25.0 Å². The molecule has 3 rings (SSSR count). The molecule has 0 spiro atoms. The molecule has 2 aromatic carbocycles. The quantitative estimate of drug-likeness (QED) is 0.708. The van der Waals surface area contributed by atoms with E-state index < -0.39 is 12.3 Å². The maximum absolute atomic E-state index is 12.7. The Morgan fingerprint density at radius 2 is 2.08 bits per heavy atom. The predicted molar refractivity (Wildman–Crippen MR) is 93.6 cm³/mol. The Kier molecular flexibility index (Phi) is 4.90. The van der Waals surface area contributed by atoms with E-state index in [-0.39, 0.29) is 22.7 Å². The number of aromatic carboxylic acids is 1. The van der Waals surface area contributed by atoms with Crippen molar-refractivity contribution in [2.24, 2.45) is 0 Å². The van der Waals surface area contributed by atoms with Gasteiger partial charge in [-0.15, -0.1) is 0 Å². The minimum absolute atomic E-state index is 0.207. The molecule has 0 saturated heterocycles. The molecule has 2 aromatic rings. The first-order valence-electron chi connectivity index (χ1n) is 7.96. The third-order valence-corrected chi connectivity index (χ3v) is 3.82. The second-order valence-corrected chi connectivity index (χ2v) is 5.51. The zero-order chi connectivity index (χ0) is 18.7. The first-order chi connectivity index (χ1) is 12.5. The third kappa shape index (κ3) is 3.38. The number of anilines is 1. The number of carbonyl (C=O) groups is 2. The van der Waals surface area contributed by atoms with Gasteiger partial charge in [-0.1, -0.05) is 12.1 Å². The number of carboxylic acids is 1. The number of ether oxygens (including phenoxy) is 2. The lowest BCUT2D eigenvalue weighted by Gasteiger charge is -2.27. The van der Waals surface area contributed by atoms with Gasteiger partial charge in [-0.3, -0.25) is 4.79 Å². The molecule has 3 N–H and O–H groups in total. The smallest absolute Gasteiger partial charge is 0.339 e. The first kappa shape index (κ1) is 17.5. The molecule has 1 heterocycles. The van der Waals surface area contributed by atoms with Gasteiger partial charge in [0.1, 0.15) is 17.1 Å². The van der Waals surface area contributed by atoms with Crippen LogP contribution in [0.2, 0.25) is 0 Å². The highest BCUT2D eigenvalue weighted by Crippen LogP contribution is 2.31. The molecule has 7 heteroatoms. The van der Waals surface area contributed by atoms with Gasteiger partial charge in [0.2, 0.25) is 6.29 Å². The van der Waals surface area contributed by atoms with E-state index in [0.717, 1.165) is 0 Å². The van der Waals surface area contributed by atoms with Crippen molar-refractivity contribution in [1.82, 2.24) is 0 Å². The number of carbonyl (C=O) groups excluding carboxylic acids is 1. The van der Waals surface area contributed by atoms with Gasteiger partial charge in [-0.05, 0) is 31.2 Å². The summed E-state index contributed by atoms with van der Waals surface area (Å²) in [6.07, 6.45) is 0.579. The topological polar surface area (TPSA) is 105 Å². The van der Waals surface area contributed by atoms with Gasteiger partial charge in [-0.2, -0.15) is 0 Å². The fourth-order valence-electron chi connectivity index (χ4n) is 2.57. The van der Waals surface area contributed by atoms with Crippen molar-refractivity contribution < 1.29 is 29.3 Å². The summed E-state index contributed by atoms with van der Waals surface area (Å²) in [5.41, 5.74) is 0.913. The van der Waals surface area contributed by atoms with Crippen LogP contribution in [0, 0.1) is 0 Å². The zero-order valence-electron chi connectivity index (χ0n) is 13.9. The van der Waals surface area contributed by atoms with Crippen molar-refractivity contribution in [1.29, 1.82) is 0 Å². The summed E-state index contributed by atoms with van der Waals surface area (Å²) in [7, 11) is 0. The van der Waals surface area contributed by atoms with Gasteiger partial charge in [0, 0.05) is 24.6 Å². The second-order valence-electron chi connectivity index (χ2n) is 5.51. The number of Topliss-reactive ketones (excluding diaryl/α,β-unsaturated/α-hetero) is 1. The maximum atomic E-state index is 12.7. The number of benzene rings is 2. The average Bonchev–Trinajstić information content (AvgIpc) is 2.61. The van der Waals surface area contributed by atoms with Gasteiger partial charge in [0.05, 0.1) is 11.1 Å². The second kappa shape index (κ2) is 7.28. The van der Waals surface area contributed by atoms with Crippen molar-refractivity contribution in [2.75, 3.05) is 11.9 Å². The van der Waals surface area contributed by atoms with Gasteiger partial charge in [0.25, 0.3) is 0 Å². The highest BCUT2D eigenvalue weighted by molar-refractivity contribution is 6.12. The van der Waals surface area contributed by atoms with Crippen molar-refractivity contribution in [3.63, 3.8) is 0 Å². The maximum Gasteiger partial charge on any atom is 0.339 e. The summed E-state index contributed by atoms with van der Waals surface area (Å²) < 4.78 is 11.2. The van der Waals surface area contributed by atoms with E-state index in [1.165, 1.54) is 24.4 Å². The van der Waals surface area contributed by atoms with Crippen LogP contribution in [0.1, 0.15) is 27.6 Å². The Bertz CT molecular complexity index is 889. The van der Waals surface area contributed by atoms with Crippen molar-refractivity contribution in [3.05, 3.63) is 65.4 Å². The lowest BCUT2D eigenvalue weighted by Crippen LogP contribution is -2.33. The summed E-state index contributed by atoms with van der Waals surface area (Å²) in [5, 5.41) is 21.6. The van der Waals surface area contributed by atoms with Crippen LogP contribution < -0.4 is 10.1 Å². The Morgan fingerprint density at radius 1 is 1.31 bits per heavy atom. The largest absolute Gasteiger partial charge is 0.507 e. The minimum Gasteiger partial charge on any atom is -0.507 e. The van der Waals surface area contributed by atoms with E-state index in [0.29, 0.717) is 23.6 Å². The Hall–Kier alpha value is -3.32. The number of ketones is 1. The molecule has 0 amide bonds. The number of hydrogen-bond acceptors (Lipinski definition) is 6. The van der Waals surface area contributed by atoms with Crippen LogP contribution in [0.3, 0.4) is 0 Å². The van der Waals surface area contributed by atoms with Crippen LogP contribution in [-0.4, -0.2) is 34.9 Å². The number of carboxylic acid groups (broad SMARTS) is 1. The molecule has 0 bridgehead atoms.